The molecule has 0 spiro atoms. The van der Waals surface area contributed by atoms with E-state index in [9.17, 15) is 14.4 Å². The summed E-state index contributed by atoms with van der Waals surface area (Å²) in [4.78, 5) is 36.4. The van der Waals surface area contributed by atoms with Crippen LogP contribution >= 0.6 is 23.2 Å². The molecule has 21 heavy (non-hydrogen) atoms. The summed E-state index contributed by atoms with van der Waals surface area (Å²) >= 11 is 11.8. The van der Waals surface area contributed by atoms with E-state index in [2.05, 4.69) is 10.3 Å². The Balaban J connectivity index is 2.34. The highest BCUT2D eigenvalue weighted by Crippen LogP contribution is 2.32. The number of carboxylic acids is 1. The third kappa shape index (κ3) is 3.42. The van der Waals surface area contributed by atoms with Crippen molar-refractivity contribution < 1.29 is 14.7 Å². The van der Waals surface area contributed by atoms with Crippen molar-refractivity contribution in [3.63, 3.8) is 0 Å². The van der Waals surface area contributed by atoms with E-state index in [-0.39, 0.29) is 26.9 Å². The van der Waals surface area contributed by atoms with Crippen LogP contribution in [0.2, 0.25) is 10.0 Å². The molecule has 0 saturated heterocycles. The lowest BCUT2D eigenvalue weighted by molar-refractivity contribution is 0.0696. The monoisotopic (exact) mass is 326 g/mol. The van der Waals surface area contributed by atoms with Crippen LogP contribution in [0.3, 0.4) is 0 Å². The summed E-state index contributed by atoms with van der Waals surface area (Å²) in [6.07, 6.45) is 1.33. The quantitative estimate of drug-likeness (QED) is 0.807. The number of benzene rings is 1. The summed E-state index contributed by atoms with van der Waals surface area (Å²) < 4.78 is 0. The maximum atomic E-state index is 12.0. The van der Waals surface area contributed by atoms with Crippen molar-refractivity contribution in [3.05, 3.63) is 62.0 Å². The third-order valence-corrected chi connectivity index (χ3v) is 3.16. The topological polar surface area (TPSA) is 99.3 Å². The van der Waals surface area contributed by atoms with Gasteiger partial charge in [-0.1, -0.05) is 23.2 Å². The van der Waals surface area contributed by atoms with Crippen molar-refractivity contribution in [2.45, 2.75) is 0 Å². The number of nitrogens with one attached hydrogen (secondary N) is 2. The third-order valence-electron chi connectivity index (χ3n) is 2.56. The lowest BCUT2D eigenvalue weighted by atomic mass is 10.2. The van der Waals surface area contributed by atoms with Gasteiger partial charge >= 0.3 is 5.97 Å². The minimum absolute atomic E-state index is 0.0157. The maximum Gasteiger partial charge on any atom is 0.335 e. The largest absolute Gasteiger partial charge is 0.478 e. The first-order valence-electron chi connectivity index (χ1n) is 5.61. The number of amides is 1. The Morgan fingerprint density at radius 1 is 1.10 bits per heavy atom. The second kappa shape index (κ2) is 5.99. The van der Waals surface area contributed by atoms with E-state index in [0.717, 1.165) is 6.07 Å². The molecule has 0 aliphatic heterocycles. The van der Waals surface area contributed by atoms with Gasteiger partial charge in [0.25, 0.3) is 5.91 Å². The number of carbonyl (C=O) groups is 2. The fourth-order valence-corrected chi connectivity index (χ4v) is 2.17. The average Bonchev–Trinajstić information content (AvgIpc) is 2.42. The molecule has 0 atom stereocenters. The molecular formula is C13H8Cl2N2O4. The highest BCUT2D eigenvalue weighted by Gasteiger charge is 2.15. The van der Waals surface area contributed by atoms with Gasteiger partial charge in [0.2, 0.25) is 5.56 Å². The van der Waals surface area contributed by atoms with E-state index >= 15 is 0 Å². The molecule has 0 bridgehead atoms. The van der Waals surface area contributed by atoms with Gasteiger partial charge in [0.15, 0.2) is 0 Å². The van der Waals surface area contributed by atoms with Crippen LogP contribution in [0.25, 0.3) is 0 Å². The number of hydrogen-bond acceptors (Lipinski definition) is 3. The first-order valence-corrected chi connectivity index (χ1v) is 6.36. The van der Waals surface area contributed by atoms with Crippen molar-refractivity contribution in [3.8, 4) is 0 Å². The second-order valence-corrected chi connectivity index (χ2v) is 4.83. The first-order chi connectivity index (χ1) is 9.88. The fourth-order valence-electron chi connectivity index (χ4n) is 1.59. The zero-order valence-electron chi connectivity index (χ0n) is 10.3. The van der Waals surface area contributed by atoms with Crippen LogP contribution in [0.5, 0.6) is 0 Å². The number of halogens is 2. The van der Waals surface area contributed by atoms with E-state index < -0.39 is 17.4 Å². The molecule has 1 aromatic heterocycles. The van der Waals surface area contributed by atoms with E-state index in [1.807, 2.05) is 0 Å². The molecule has 1 amide bonds. The Labute approximate surface area is 128 Å². The highest BCUT2D eigenvalue weighted by molar-refractivity contribution is 6.40. The maximum absolute atomic E-state index is 12.0. The lowest BCUT2D eigenvalue weighted by Gasteiger charge is -2.10. The average molecular weight is 327 g/mol. The van der Waals surface area contributed by atoms with Crippen LogP contribution in [-0.2, 0) is 0 Å². The Morgan fingerprint density at radius 3 is 2.24 bits per heavy atom. The Hall–Kier alpha value is -2.31. The normalized spacial score (nSPS) is 10.2. The van der Waals surface area contributed by atoms with E-state index in [0.29, 0.717) is 0 Å². The molecule has 6 nitrogen and oxygen atoms in total. The van der Waals surface area contributed by atoms with Crippen LogP contribution in [0.4, 0.5) is 5.69 Å². The second-order valence-electron chi connectivity index (χ2n) is 4.02. The van der Waals surface area contributed by atoms with Crippen LogP contribution in [-0.4, -0.2) is 22.0 Å². The summed E-state index contributed by atoms with van der Waals surface area (Å²) in [5.74, 6) is -1.78. The predicted octanol–water partition coefficient (Wildman–Crippen LogP) is 2.63. The van der Waals surface area contributed by atoms with Gasteiger partial charge in [-0.05, 0) is 18.2 Å². The van der Waals surface area contributed by atoms with Crippen LogP contribution in [0.1, 0.15) is 20.7 Å². The molecule has 0 unspecified atom stereocenters. The van der Waals surface area contributed by atoms with Gasteiger partial charge in [0, 0.05) is 17.8 Å². The molecule has 2 aromatic rings. The molecule has 108 valence electrons. The SMILES string of the molecule is O=C(O)c1cc(Cl)c(NC(=O)c2cc[nH]c(=O)c2)c(Cl)c1. The van der Waals surface area contributed by atoms with Gasteiger partial charge in [-0.25, -0.2) is 4.79 Å². The highest BCUT2D eigenvalue weighted by atomic mass is 35.5. The Bertz CT molecular complexity index is 763. The van der Waals surface area contributed by atoms with Crippen LogP contribution in [0, 0.1) is 0 Å². The molecule has 0 aliphatic carbocycles. The zero-order chi connectivity index (χ0) is 15.6. The molecule has 1 heterocycles. The van der Waals surface area contributed by atoms with E-state index in [1.54, 1.807) is 0 Å². The number of rotatable bonds is 3. The van der Waals surface area contributed by atoms with Crippen molar-refractivity contribution in [1.82, 2.24) is 4.98 Å². The lowest BCUT2D eigenvalue weighted by Crippen LogP contribution is -2.16. The fraction of sp³-hybridized carbons (Fsp3) is 0. The van der Waals surface area contributed by atoms with Crippen LogP contribution < -0.4 is 10.9 Å². The Morgan fingerprint density at radius 2 is 1.71 bits per heavy atom. The van der Waals surface area contributed by atoms with Gasteiger partial charge in [-0.3, -0.25) is 9.59 Å². The Kier molecular flexibility index (Phi) is 4.30. The minimum Gasteiger partial charge on any atom is -0.478 e. The van der Waals surface area contributed by atoms with Gasteiger partial charge < -0.3 is 15.4 Å². The number of pyridine rings is 1. The van der Waals surface area contributed by atoms with Gasteiger partial charge in [0.05, 0.1) is 21.3 Å². The number of carbonyl (C=O) groups excluding carboxylic acids is 1. The molecule has 0 saturated carbocycles. The van der Waals surface area contributed by atoms with E-state index in [1.165, 1.54) is 24.4 Å². The minimum atomic E-state index is -1.19. The number of anilines is 1. The summed E-state index contributed by atoms with van der Waals surface area (Å²) in [6, 6.07) is 4.86. The van der Waals surface area contributed by atoms with Crippen molar-refractivity contribution in [2.24, 2.45) is 0 Å². The van der Waals surface area contributed by atoms with Crippen molar-refractivity contribution >= 4 is 40.8 Å². The summed E-state index contributed by atoms with van der Waals surface area (Å²) in [5, 5.41) is 11.3. The zero-order valence-corrected chi connectivity index (χ0v) is 11.8. The summed E-state index contributed by atoms with van der Waals surface area (Å²) in [6.45, 7) is 0. The van der Waals surface area contributed by atoms with E-state index in [4.69, 9.17) is 28.3 Å². The number of aromatic nitrogens is 1. The van der Waals surface area contributed by atoms with Gasteiger partial charge in [-0.2, -0.15) is 0 Å². The molecular weight excluding hydrogens is 319 g/mol. The molecule has 0 fully saturated rings. The van der Waals surface area contributed by atoms with Crippen LogP contribution in [0.15, 0.2) is 35.3 Å². The standard InChI is InChI=1S/C13H8Cl2N2O4/c14-8-3-7(13(20)21)4-9(15)11(8)17-12(19)6-1-2-16-10(18)5-6/h1-5H,(H,16,18)(H,17,19)(H,20,21). The number of aromatic carboxylic acids is 1. The molecule has 1 aromatic carbocycles. The number of H-pyrrole nitrogens is 1. The number of aromatic amines is 1. The van der Waals surface area contributed by atoms with Gasteiger partial charge in [0.1, 0.15) is 0 Å². The summed E-state index contributed by atoms with van der Waals surface area (Å²) in [7, 11) is 0. The molecule has 2 rings (SSSR count). The predicted molar refractivity (Wildman–Crippen MR) is 78.4 cm³/mol. The number of carboxylic acid groups (broad SMARTS) is 1. The molecule has 0 radical (unpaired) electrons. The van der Waals surface area contributed by atoms with Crippen molar-refractivity contribution in [2.75, 3.05) is 5.32 Å². The summed E-state index contributed by atoms with van der Waals surface area (Å²) in [5.41, 5.74) is -0.331. The smallest absolute Gasteiger partial charge is 0.335 e. The molecule has 8 heteroatoms. The first kappa shape index (κ1) is 15.1. The van der Waals surface area contributed by atoms with Crippen molar-refractivity contribution in [1.29, 1.82) is 0 Å². The van der Waals surface area contributed by atoms with Gasteiger partial charge in [-0.15, -0.1) is 0 Å². The molecule has 3 N–H and O–H groups in total. The molecule has 0 aliphatic rings. The number of hydrogen-bond donors (Lipinski definition) is 3.